The molecule has 0 heterocycles. The zero-order valence-electron chi connectivity index (χ0n) is 11.9. The number of carbonyl (C=O) groups is 1. The molecule has 0 bridgehead atoms. The summed E-state index contributed by atoms with van der Waals surface area (Å²) >= 11 is 6.17. The monoisotopic (exact) mass is 287 g/mol. The molecule has 2 aromatic carbocycles. The quantitative estimate of drug-likeness (QED) is 0.826. The molecule has 0 spiro atoms. The van der Waals surface area contributed by atoms with Gasteiger partial charge >= 0.3 is 0 Å². The van der Waals surface area contributed by atoms with Crippen molar-refractivity contribution in [2.45, 2.75) is 26.8 Å². The number of rotatable bonds is 4. The molecular formula is C17H18ClNO. The maximum atomic E-state index is 12.6. The van der Waals surface area contributed by atoms with E-state index >= 15 is 0 Å². The summed E-state index contributed by atoms with van der Waals surface area (Å²) in [4.78, 5) is 12.6. The van der Waals surface area contributed by atoms with Crippen LogP contribution in [0, 0.1) is 6.92 Å². The van der Waals surface area contributed by atoms with E-state index in [2.05, 4.69) is 5.32 Å². The summed E-state index contributed by atoms with van der Waals surface area (Å²) in [5.74, 6) is 0.00789. The lowest BCUT2D eigenvalue weighted by Crippen LogP contribution is -2.14. The first-order valence-corrected chi connectivity index (χ1v) is 7.03. The molecule has 0 aliphatic carbocycles. The van der Waals surface area contributed by atoms with Gasteiger partial charge in [0.2, 0.25) is 0 Å². The highest BCUT2D eigenvalue weighted by atomic mass is 35.5. The predicted octanol–water partition coefficient (Wildman–Crippen LogP) is 4.70. The van der Waals surface area contributed by atoms with E-state index < -0.39 is 0 Å². The van der Waals surface area contributed by atoms with Crippen molar-refractivity contribution in [2.24, 2.45) is 0 Å². The highest BCUT2D eigenvalue weighted by Gasteiger charge is 2.16. The van der Waals surface area contributed by atoms with Crippen LogP contribution in [0.1, 0.15) is 35.3 Å². The number of carbonyl (C=O) groups excluding carboxylic acids is 1. The number of benzene rings is 2. The van der Waals surface area contributed by atoms with Gasteiger partial charge in [-0.1, -0.05) is 41.9 Å². The predicted molar refractivity (Wildman–Crippen MR) is 84.8 cm³/mol. The summed E-state index contributed by atoms with van der Waals surface area (Å²) < 4.78 is 0. The van der Waals surface area contributed by atoms with E-state index in [1.165, 1.54) is 0 Å². The lowest BCUT2D eigenvalue weighted by molar-refractivity contribution is 0.103. The fourth-order valence-corrected chi connectivity index (χ4v) is 2.21. The van der Waals surface area contributed by atoms with E-state index in [1.54, 1.807) is 0 Å². The first kappa shape index (κ1) is 14.6. The Bertz CT molecular complexity index is 620. The molecule has 2 nitrogen and oxygen atoms in total. The standard InChI is InChI=1S/C17H18ClNO/c1-11(2)19-16-10-15(18)12(3)9-14(16)17(20)13-7-5-4-6-8-13/h4-11,19H,1-3H3. The highest BCUT2D eigenvalue weighted by Crippen LogP contribution is 2.27. The Labute approximate surface area is 124 Å². The molecule has 0 radical (unpaired) electrons. The minimum Gasteiger partial charge on any atom is -0.382 e. The Morgan fingerprint density at radius 2 is 1.80 bits per heavy atom. The Kier molecular flexibility index (Phi) is 4.46. The number of nitrogens with one attached hydrogen (secondary N) is 1. The van der Waals surface area contributed by atoms with Crippen LogP contribution in [-0.4, -0.2) is 11.8 Å². The van der Waals surface area contributed by atoms with Crippen molar-refractivity contribution in [3.63, 3.8) is 0 Å². The van der Waals surface area contributed by atoms with Gasteiger partial charge in [0.15, 0.2) is 5.78 Å². The largest absolute Gasteiger partial charge is 0.382 e. The van der Waals surface area contributed by atoms with Crippen molar-refractivity contribution in [3.05, 3.63) is 64.2 Å². The van der Waals surface area contributed by atoms with Crippen LogP contribution in [0.25, 0.3) is 0 Å². The molecule has 1 N–H and O–H groups in total. The van der Waals surface area contributed by atoms with Crippen LogP contribution in [0.15, 0.2) is 42.5 Å². The minimum absolute atomic E-state index is 0.00789. The molecule has 0 aliphatic heterocycles. The maximum Gasteiger partial charge on any atom is 0.195 e. The first-order chi connectivity index (χ1) is 9.49. The average molecular weight is 288 g/mol. The van der Waals surface area contributed by atoms with Gasteiger partial charge in [-0.15, -0.1) is 0 Å². The summed E-state index contributed by atoms with van der Waals surface area (Å²) in [5, 5.41) is 3.95. The number of anilines is 1. The molecule has 104 valence electrons. The van der Waals surface area contributed by atoms with Crippen LogP contribution in [0.4, 0.5) is 5.69 Å². The number of halogens is 1. The van der Waals surface area contributed by atoms with Crippen molar-refractivity contribution in [3.8, 4) is 0 Å². The molecule has 0 amide bonds. The third-order valence-electron chi connectivity index (χ3n) is 3.02. The molecule has 0 saturated carbocycles. The lowest BCUT2D eigenvalue weighted by atomic mass is 9.99. The topological polar surface area (TPSA) is 29.1 Å². The Morgan fingerprint density at radius 3 is 2.40 bits per heavy atom. The Hall–Kier alpha value is -1.80. The van der Waals surface area contributed by atoms with E-state index in [9.17, 15) is 4.79 Å². The zero-order valence-corrected chi connectivity index (χ0v) is 12.7. The van der Waals surface area contributed by atoms with E-state index in [0.29, 0.717) is 16.1 Å². The summed E-state index contributed by atoms with van der Waals surface area (Å²) in [6, 6.07) is 13.2. The molecule has 0 aromatic heterocycles. The molecule has 0 aliphatic rings. The van der Waals surface area contributed by atoms with Gasteiger partial charge in [0, 0.05) is 27.9 Å². The van der Waals surface area contributed by atoms with Gasteiger partial charge in [0.05, 0.1) is 0 Å². The molecule has 0 atom stereocenters. The van der Waals surface area contributed by atoms with Gasteiger partial charge in [-0.05, 0) is 38.5 Å². The minimum atomic E-state index is 0.00789. The Balaban J connectivity index is 2.49. The van der Waals surface area contributed by atoms with Gasteiger partial charge in [-0.3, -0.25) is 4.79 Å². The number of aryl methyl sites for hydroxylation is 1. The van der Waals surface area contributed by atoms with Gasteiger partial charge in [-0.25, -0.2) is 0 Å². The maximum absolute atomic E-state index is 12.6. The number of hydrogen-bond acceptors (Lipinski definition) is 2. The van der Waals surface area contributed by atoms with E-state index in [4.69, 9.17) is 11.6 Å². The molecular weight excluding hydrogens is 270 g/mol. The van der Waals surface area contributed by atoms with Crippen molar-refractivity contribution in [2.75, 3.05) is 5.32 Å². The van der Waals surface area contributed by atoms with Crippen molar-refractivity contribution < 1.29 is 4.79 Å². The summed E-state index contributed by atoms with van der Waals surface area (Å²) in [6.07, 6.45) is 0. The smallest absolute Gasteiger partial charge is 0.195 e. The summed E-state index contributed by atoms with van der Waals surface area (Å²) in [6.45, 7) is 5.97. The van der Waals surface area contributed by atoms with Crippen LogP contribution in [0.5, 0.6) is 0 Å². The lowest BCUT2D eigenvalue weighted by Gasteiger charge is -2.16. The molecule has 2 aromatic rings. The van der Waals surface area contributed by atoms with Crippen molar-refractivity contribution >= 4 is 23.1 Å². The molecule has 0 saturated heterocycles. The van der Waals surface area contributed by atoms with Crippen molar-refractivity contribution in [1.82, 2.24) is 0 Å². The van der Waals surface area contributed by atoms with E-state index in [0.717, 1.165) is 11.3 Å². The van der Waals surface area contributed by atoms with Gasteiger partial charge in [-0.2, -0.15) is 0 Å². The van der Waals surface area contributed by atoms with E-state index in [1.807, 2.05) is 63.2 Å². The SMILES string of the molecule is Cc1cc(C(=O)c2ccccc2)c(NC(C)C)cc1Cl. The summed E-state index contributed by atoms with van der Waals surface area (Å²) in [5.41, 5.74) is 3.03. The van der Waals surface area contributed by atoms with Gasteiger partial charge in [0.1, 0.15) is 0 Å². The highest BCUT2D eigenvalue weighted by molar-refractivity contribution is 6.32. The van der Waals surface area contributed by atoms with Crippen LogP contribution in [-0.2, 0) is 0 Å². The van der Waals surface area contributed by atoms with Gasteiger partial charge in [0.25, 0.3) is 0 Å². The molecule has 2 rings (SSSR count). The summed E-state index contributed by atoms with van der Waals surface area (Å²) in [7, 11) is 0. The third kappa shape index (κ3) is 3.20. The fourth-order valence-electron chi connectivity index (χ4n) is 2.04. The fraction of sp³-hybridized carbons (Fsp3) is 0.235. The third-order valence-corrected chi connectivity index (χ3v) is 3.43. The normalized spacial score (nSPS) is 10.7. The molecule has 0 fully saturated rings. The van der Waals surface area contributed by atoms with Crippen molar-refractivity contribution in [1.29, 1.82) is 0 Å². The van der Waals surface area contributed by atoms with Crippen LogP contribution in [0.3, 0.4) is 0 Å². The average Bonchev–Trinajstić information content (AvgIpc) is 2.42. The second kappa shape index (κ2) is 6.10. The zero-order chi connectivity index (χ0) is 14.7. The van der Waals surface area contributed by atoms with Crippen LogP contribution in [0.2, 0.25) is 5.02 Å². The molecule has 20 heavy (non-hydrogen) atoms. The molecule has 3 heteroatoms. The van der Waals surface area contributed by atoms with E-state index in [-0.39, 0.29) is 11.8 Å². The van der Waals surface area contributed by atoms with Gasteiger partial charge < -0.3 is 5.32 Å². The second-order valence-electron chi connectivity index (χ2n) is 5.14. The molecule has 0 unspecified atom stereocenters. The second-order valence-corrected chi connectivity index (χ2v) is 5.55. The number of ketones is 1. The Morgan fingerprint density at radius 1 is 1.15 bits per heavy atom. The first-order valence-electron chi connectivity index (χ1n) is 6.65. The van der Waals surface area contributed by atoms with Crippen LogP contribution < -0.4 is 5.32 Å². The number of hydrogen-bond donors (Lipinski definition) is 1. The van der Waals surface area contributed by atoms with Crippen LogP contribution >= 0.6 is 11.6 Å².